The van der Waals surface area contributed by atoms with Crippen molar-refractivity contribution in [3.8, 4) is 5.75 Å². The molecule has 1 amide bonds. The molecule has 27 heavy (non-hydrogen) atoms. The van der Waals surface area contributed by atoms with Crippen LogP contribution < -0.4 is 10.1 Å². The van der Waals surface area contributed by atoms with Crippen molar-refractivity contribution in [1.29, 1.82) is 0 Å². The Kier molecular flexibility index (Phi) is 6.48. The van der Waals surface area contributed by atoms with E-state index in [0.717, 1.165) is 17.7 Å². The summed E-state index contributed by atoms with van der Waals surface area (Å²) in [6.07, 6.45) is 1.11. The maximum Gasteiger partial charge on any atom is 0.237 e. The number of ether oxygens (including phenoxy) is 1. The van der Waals surface area contributed by atoms with E-state index in [1.54, 1.807) is 14.0 Å². The summed E-state index contributed by atoms with van der Waals surface area (Å²) in [4.78, 5) is 14.9. The molecule has 0 bridgehead atoms. The van der Waals surface area contributed by atoms with Crippen LogP contribution in [0, 0.1) is 0 Å². The van der Waals surface area contributed by atoms with Crippen molar-refractivity contribution >= 4 is 5.91 Å². The second kappa shape index (κ2) is 9.02. The first-order valence-electron chi connectivity index (χ1n) is 9.48. The molecule has 1 aliphatic heterocycles. The average molecular weight is 368 g/mol. The highest BCUT2D eigenvalue weighted by Gasteiger charge is 2.31. The van der Waals surface area contributed by atoms with Gasteiger partial charge in [0.15, 0.2) is 0 Å². The largest absolute Gasteiger partial charge is 0.496 e. The molecule has 1 unspecified atom stereocenters. The third-order valence-electron chi connectivity index (χ3n) is 5.05. The van der Waals surface area contributed by atoms with Gasteiger partial charge >= 0.3 is 0 Å². The van der Waals surface area contributed by atoms with E-state index in [0.29, 0.717) is 19.5 Å². The Morgan fingerprint density at radius 3 is 2.78 bits per heavy atom. The van der Waals surface area contributed by atoms with Crippen molar-refractivity contribution in [1.82, 2.24) is 10.2 Å². The molecular formula is C22H28N2O3. The lowest BCUT2D eigenvalue weighted by Gasteiger charge is -2.38. The van der Waals surface area contributed by atoms with Crippen molar-refractivity contribution in [3.05, 3.63) is 65.2 Å². The monoisotopic (exact) mass is 368 g/mol. The number of hydrogen-bond donors (Lipinski definition) is 2. The molecule has 0 saturated heterocycles. The minimum absolute atomic E-state index is 0.0212. The number of carbonyl (C=O) groups excluding carboxylic acids is 1. The topological polar surface area (TPSA) is 61.8 Å². The Hall–Kier alpha value is -2.37. The summed E-state index contributed by atoms with van der Waals surface area (Å²) < 4.78 is 5.52. The van der Waals surface area contributed by atoms with Crippen LogP contribution in [0.4, 0.5) is 0 Å². The summed E-state index contributed by atoms with van der Waals surface area (Å²) >= 11 is 0. The third-order valence-corrected chi connectivity index (χ3v) is 5.05. The van der Waals surface area contributed by atoms with Crippen LogP contribution >= 0.6 is 0 Å². The number of methoxy groups -OCH3 is 1. The molecule has 1 heterocycles. The Bertz CT molecular complexity index is 776. The summed E-state index contributed by atoms with van der Waals surface area (Å²) in [6, 6.07) is 16.3. The summed E-state index contributed by atoms with van der Waals surface area (Å²) in [7, 11) is 1.68. The normalized spacial score (nSPS) is 17.3. The van der Waals surface area contributed by atoms with Crippen molar-refractivity contribution in [2.45, 2.75) is 31.9 Å². The molecular weight excluding hydrogens is 340 g/mol. The Morgan fingerprint density at radius 2 is 2.00 bits per heavy atom. The van der Waals surface area contributed by atoms with E-state index < -0.39 is 6.10 Å². The van der Waals surface area contributed by atoms with Gasteiger partial charge in [0, 0.05) is 19.5 Å². The molecule has 2 atom stereocenters. The Morgan fingerprint density at radius 1 is 1.26 bits per heavy atom. The first kappa shape index (κ1) is 19.4. The molecule has 1 aliphatic rings. The lowest BCUT2D eigenvalue weighted by Crippen LogP contribution is -2.45. The summed E-state index contributed by atoms with van der Waals surface area (Å²) in [6.45, 7) is 3.05. The minimum atomic E-state index is -0.468. The third kappa shape index (κ3) is 4.67. The zero-order chi connectivity index (χ0) is 19.2. The fraction of sp³-hybridized carbons (Fsp3) is 0.409. The Balaban J connectivity index is 1.85. The van der Waals surface area contributed by atoms with Gasteiger partial charge < -0.3 is 20.1 Å². The van der Waals surface area contributed by atoms with Crippen LogP contribution in [0.5, 0.6) is 5.75 Å². The molecule has 0 radical (unpaired) electrons. The lowest BCUT2D eigenvalue weighted by molar-refractivity contribution is -0.133. The smallest absolute Gasteiger partial charge is 0.237 e. The highest BCUT2D eigenvalue weighted by molar-refractivity contribution is 5.79. The lowest BCUT2D eigenvalue weighted by atomic mass is 9.88. The predicted octanol–water partition coefficient (Wildman–Crippen LogP) is 2.33. The number of aliphatic hydroxyl groups excluding tert-OH is 1. The van der Waals surface area contributed by atoms with E-state index in [1.165, 1.54) is 11.1 Å². The number of benzene rings is 2. The predicted molar refractivity (Wildman–Crippen MR) is 106 cm³/mol. The molecule has 144 valence electrons. The van der Waals surface area contributed by atoms with E-state index in [2.05, 4.69) is 29.6 Å². The van der Waals surface area contributed by atoms with Crippen molar-refractivity contribution in [3.63, 3.8) is 0 Å². The molecule has 5 heteroatoms. The minimum Gasteiger partial charge on any atom is -0.496 e. The van der Waals surface area contributed by atoms with Crippen LogP contribution in [0.15, 0.2) is 48.5 Å². The SMILES string of the molecule is COc1ccccc1CC1c2ccccc2CCN1C(=O)CNC[C@@H](C)O. The Labute approximate surface area is 161 Å². The first-order valence-corrected chi connectivity index (χ1v) is 9.48. The zero-order valence-corrected chi connectivity index (χ0v) is 16.0. The van der Waals surface area contributed by atoms with Crippen LogP contribution in [0.2, 0.25) is 0 Å². The average Bonchev–Trinajstić information content (AvgIpc) is 2.68. The van der Waals surface area contributed by atoms with E-state index >= 15 is 0 Å². The fourth-order valence-corrected chi connectivity index (χ4v) is 3.74. The number of para-hydroxylation sites is 1. The van der Waals surface area contributed by atoms with Gasteiger partial charge in [0.25, 0.3) is 0 Å². The van der Waals surface area contributed by atoms with Crippen molar-refractivity contribution < 1.29 is 14.6 Å². The molecule has 0 spiro atoms. The van der Waals surface area contributed by atoms with Gasteiger partial charge in [0.1, 0.15) is 5.75 Å². The van der Waals surface area contributed by atoms with Gasteiger partial charge in [-0.1, -0.05) is 42.5 Å². The van der Waals surface area contributed by atoms with E-state index in [4.69, 9.17) is 4.74 Å². The van der Waals surface area contributed by atoms with Gasteiger partial charge in [-0.2, -0.15) is 0 Å². The molecule has 2 aromatic carbocycles. The number of aliphatic hydroxyl groups is 1. The number of hydrogen-bond acceptors (Lipinski definition) is 4. The molecule has 0 fully saturated rings. The second-order valence-electron chi connectivity index (χ2n) is 7.05. The summed E-state index contributed by atoms with van der Waals surface area (Å²) in [5.74, 6) is 0.908. The number of carbonyl (C=O) groups is 1. The summed E-state index contributed by atoms with van der Waals surface area (Å²) in [5, 5.41) is 12.5. The van der Waals surface area contributed by atoms with Crippen LogP contribution in [-0.2, 0) is 17.6 Å². The van der Waals surface area contributed by atoms with E-state index in [1.807, 2.05) is 29.2 Å². The zero-order valence-electron chi connectivity index (χ0n) is 16.0. The molecule has 0 aliphatic carbocycles. The molecule has 3 rings (SSSR count). The van der Waals surface area contributed by atoms with Crippen LogP contribution in [0.1, 0.15) is 29.7 Å². The molecule has 2 N–H and O–H groups in total. The van der Waals surface area contributed by atoms with Crippen LogP contribution in [-0.4, -0.2) is 48.8 Å². The molecule has 0 aromatic heterocycles. The highest BCUT2D eigenvalue weighted by Crippen LogP contribution is 2.34. The number of rotatable bonds is 7. The van der Waals surface area contributed by atoms with Crippen LogP contribution in [0.25, 0.3) is 0 Å². The maximum atomic E-state index is 12.9. The number of nitrogens with zero attached hydrogens (tertiary/aromatic N) is 1. The first-order chi connectivity index (χ1) is 13.1. The van der Waals surface area contributed by atoms with Gasteiger partial charge in [-0.25, -0.2) is 0 Å². The van der Waals surface area contributed by atoms with E-state index in [-0.39, 0.29) is 18.5 Å². The van der Waals surface area contributed by atoms with Crippen molar-refractivity contribution in [2.75, 3.05) is 26.7 Å². The second-order valence-corrected chi connectivity index (χ2v) is 7.05. The number of fused-ring (bicyclic) bond motifs is 1. The van der Waals surface area contributed by atoms with Gasteiger partial charge in [-0.05, 0) is 36.1 Å². The van der Waals surface area contributed by atoms with Gasteiger partial charge in [0.05, 0.1) is 25.8 Å². The fourth-order valence-electron chi connectivity index (χ4n) is 3.74. The highest BCUT2D eigenvalue weighted by atomic mass is 16.5. The van der Waals surface area contributed by atoms with E-state index in [9.17, 15) is 9.90 Å². The van der Waals surface area contributed by atoms with Gasteiger partial charge in [-0.15, -0.1) is 0 Å². The number of nitrogens with one attached hydrogen (secondary N) is 1. The summed E-state index contributed by atoms with van der Waals surface area (Å²) in [5.41, 5.74) is 3.60. The quantitative estimate of drug-likeness (QED) is 0.787. The standard InChI is InChI=1S/C22H28N2O3/c1-16(25)14-23-15-22(26)24-12-11-17-7-3-5-9-19(17)20(24)13-18-8-4-6-10-21(18)27-2/h3-10,16,20,23,25H,11-15H2,1-2H3/t16-,20?/m1/s1. The van der Waals surface area contributed by atoms with Gasteiger partial charge in [0.2, 0.25) is 5.91 Å². The maximum absolute atomic E-state index is 12.9. The number of amides is 1. The van der Waals surface area contributed by atoms with Crippen LogP contribution in [0.3, 0.4) is 0 Å². The molecule has 0 saturated carbocycles. The molecule has 5 nitrogen and oxygen atoms in total. The van der Waals surface area contributed by atoms with Crippen molar-refractivity contribution in [2.24, 2.45) is 0 Å². The van der Waals surface area contributed by atoms with Gasteiger partial charge in [-0.3, -0.25) is 4.79 Å². The molecule has 2 aromatic rings.